The molecule has 1 fully saturated rings. The van der Waals surface area contributed by atoms with Crippen LogP contribution in [0.25, 0.3) is 0 Å². The van der Waals surface area contributed by atoms with Crippen molar-refractivity contribution in [1.29, 1.82) is 0 Å². The Balaban J connectivity index is 2.03. The van der Waals surface area contributed by atoms with Crippen molar-refractivity contribution >= 4 is 29.7 Å². The monoisotopic (exact) mass is 519 g/mol. The first-order chi connectivity index (χ1) is 17.5. The highest BCUT2D eigenvalue weighted by atomic mass is 16.4. The summed E-state index contributed by atoms with van der Waals surface area (Å²) in [6, 6.07) is 4.71. The largest absolute Gasteiger partial charge is 0.480 e. The number of hydrogen-bond donors (Lipinski definition) is 7. The molecule has 0 saturated carbocycles. The Labute approximate surface area is 215 Å². The number of aliphatic hydroxyl groups excluding tert-OH is 1. The van der Waals surface area contributed by atoms with Crippen LogP contribution in [0.5, 0.6) is 0 Å². The first kappa shape index (κ1) is 29.5. The van der Waals surface area contributed by atoms with E-state index in [-0.39, 0.29) is 31.9 Å². The van der Waals surface area contributed by atoms with Crippen molar-refractivity contribution < 1.29 is 29.4 Å². The minimum Gasteiger partial charge on any atom is -0.480 e. The van der Waals surface area contributed by atoms with Crippen LogP contribution in [0.15, 0.2) is 35.3 Å². The molecule has 0 aromatic heterocycles. The third-order valence-electron chi connectivity index (χ3n) is 6.08. The van der Waals surface area contributed by atoms with Gasteiger partial charge in [-0.15, -0.1) is 0 Å². The highest BCUT2D eigenvalue weighted by Gasteiger charge is 2.40. The lowest BCUT2D eigenvalue weighted by Crippen LogP contribution is -2.59. The predicted octanol–water partition coefficient (Wildman–Crippen LogP) is -1.96. The molecule has 5 atom stereocenters. The fourth-order valence-electron chi connectivity index (χ4n) is 4.12. The van der Waals surface area contributed by atoms with Gasteiger partial charge in [0.25, 0.3) is 0 Å². The maximum absolute atomic E-state index is 13.3. The molecule has 1 aliphatic rings. The number of aliphatic hydroxyl groups is 1. The standard InChI is InChI=1S/C24H37N7O6/c1-14(32)19(30-20(33)16(25)13-15-7-3-2-4-8-15)22(35)31-12-6-10-18(31)21(34)29-17(23(36)37)9-5-11-28-24(26)27/h2-4,7-8,14,16-19,32H,5-6,9-13,25H2,1H3,(H,29,34)(H,30,33)(H,36,37)(H4,26,27,28). The molecule has 0 radical (unpaired) electrons. The number of benzene rings is 1. The number of carbonyl (C=O) groups is 4. The number of carbonyl (C=O) groups excluding carboxylic acids is 3. The molecule has 1 aliphatic heterocycles. The van der Waals surface area contributed by atoms with Crippen molar-refractivity contribution in [1.82, 2.24) is 15.5 Å². The van der Waals surface area contributed by atoms with E-state index in [1.807, 2.05) is 30.3 Å². The summed E-state index contributed by atoms with van der Waals surface area (Å²) in [6.45, 7) is 1.78. The Hall–Kier alpha value is -3.71. The van der Waals surface area contributed by atoms with Crippen LogP contribution >= 0.6 is 0 Å². The second kappa shape index (κ2) is 14.1. The summed E-state index contributed by atoms with van der Waals surface area (Å²) in [5, 5.41) is 24.7. The third kappa shape index (κ3) is 9.03. The summed E-state index contributed by atoms with van der Waals surface area (Å²) < 4.78 is 0. The minimum atomic E-state index is -1.32. The van der Waals surface area contributed by atoms with Crippen LogP contribution in [0.3, 0.4) is 0 Å². The van der Waals surface area contributed by atoms with Gasteiger partial charge in [0.15, 0.2) is 5.96 Å². The maximum Gasteiger partial charge on any atom is 0.326 e. The van der Waals surface area contributed by atoms with E-state index >= 15 is 0 Å². The number of rotatable bonds is 13. The number of nitrogens with zero attached hydrogens (tertiary/aromatic N) is 2. The smallest absolute Gasteiger partial charge is 0.326 e. The molecular formula is C24H37N7O6. The molecule has 13 heteroatoms. The van der Waals surface area contributed by atoms with Gasteiger partial charge in [-0.1, -0.05) is 30.3 Å². The molecule has 10 N–H and O–H groups in total. The van der Waals surface area contributed by atoms with Crippen molar-refractivity contribution in [3.8, 4) is 0 Å². The van der Waals surface area contributed by atoms with Crippen LogP contribution < -0.4 is 27.8 Å². The van der Waals surface area contributed by atoms with E-state index in [0.29, 0.717) is 19.3 Å². The number of likely N-dealkylation sites (tertiary alicyclic amines) is 1. The normalized spacial score (nSPS) is 18.2. The Morgan fingerprint density at radius 2 is 1.84 bits per heavy atom. The second-order valence-electron chi connectivity index (χ2n) is 9.06. The molecular weight excluding hydrogens is 482 g/mol. The van der Waals surface area contributed by atoms with Gasteiger partial charge in [-0.2, -0.15) is 0 Å². The highest BCUT2D eigenvalue weighted by Crippen LogP contribution is 2.20. The van der Waals surface area contributed by atoms with Crippen molar-refractivity contribution in [2.75, 3.05) is 13.1 Å². The first-order valence-corrected chi connectivity index (χ1v) is 12.2. The Morgan fingerprint density at radius 1 is 1.16 bits per heavy atom. The number of carboxylic acids is 1. The number of aliphatic imine (C=N–C) groups is 1. The van der Waals surface area contributed by atoms with Crippen LogP contribution in [0, 0.1) is 0 Å². The minimum absolute atomic E-state index is 0.0875. The number of aliphatic carboxylic acids is 1. The van der Waals surface area contributed by atoms with Gasteiger partial charge in [0.1, 0.15) is 18.1 Å². The van der Waals surface area contributed by atoms with Gasteiger partial charge in [0, 0.05) is 13.1 Å². The van der Waals surface area contributed by atoms with Gasteiger partial charge in [-0.3, -0.25) is 19.4 Å². The number of nitrogens with one attached hydrogen (secondary N) is 2. The fourth-order valence-corrected chi connectivity index (χ4v) is 4.12. The highest BCUT2D eigenvalue weighted by molar-refractivity contribution is 5.94. The van der Waals surface area contributed by atoms with E-state index in [1.165, 1.54) is 11.8 Å². The molecule has 204 valence electrons. The van der Waals surface area contributed by atoms with E-state index in [0.717, 1.165) is 5.56 Å². The molecule has 37 heavy (non-hydrogen) atoms. The summed E-state index contributed by atoms with van der Waals surface area (Å²) >= 11 is 0. The van der Waals surface area contributed by atoms with Crippen LogP contribution in [-0.2, 0) is 25.6 Å². The van der Waals surface area contributed by atoms with Gasteiger partial charge in [0.2, 0.25) is 17.7 Å². The van der Waals surface area contributed by atoms with E-state index in [2.05, 4.69) is 15.6 Å². The maximum atomic E-state index is 13.3. The summed E-state index contributed by atoms with van der Waals surface area (Å²) in [6.07, 6.45) is 0.201. The van der Waals surface area contributed by atoms with Crippen molar-refractivity contribution in [2.24, 2.45) is 22.2 Å². The van der Waals surface area contributed by atoms with Crippen LogP contribution in [-0.4, -0.2) is 88.1 Å². The topological polar surface area (TPSA) is 226 Å². The van der Waals surface area contributed by atoms with Gasteiger partial charge in [0.05, 0.1) is 12.1 Å². The second-order valence-corrected chi connectivity index (χ2v) is 9.06. The van der Waals surface area contributed by atoms with Gasteiger partial charge >= 0.3 is 5.97 Å². The molecule has 5 unspecified atom stereocenters. The van der Waals surface area contributed by atoms with Gasteiger partial charge in [-0.25, -0.2) is 4.79 Å². The number of carboxylic acid groups (broad SMARTS) is 1. The van der Waals surface area contributed by atoms with Gasteiger partial charge < -0.3 is 42.9 Å². The summed E-state index contributed by atoms with van der Waals surface area (Å²) in [7, 11) is 0. The molecule has 0 spiro atoms. The van der Waals surface area contributed by atoms with Gasteiger partial charge in [-0.05, 0) is 44.6 Å². The SMILES string of the molecule is CC(O)C(NC(=O)C(N)Cc1ccccc1)C(=O)N1CCCC1C(=O)NC(CCCN=C(N)N)C(=O)O. The number of hydrogen-bond acceptors (Lipinski definition) is 7. The number of amides is 3. The number of nitrogens with two attached hydrogens (primary N) is 3. The molecule has 1 heterocycles. The molecule has 2 rings (SSSR count). The van der Waals surface area contributed by atoms with Crippen molar-refractivity contribution in [3.05, 3.63) is 35.9 Å². The molecule has 1 saturated heterocycles. The van der Waals surface area contributed by atoms with E-state index in [4.69, 9.17) is 17.2 Å². The lowest BCUT2D eigenvalue weighted by Gasteiger charge is -2.31. The van der Waals surface area contributed by atoms with E-state index in [1.54, 1.807) is 0 Å². The lowest BCUT2D eigenvalue weighted by atomic mass is 10.0. The zero-order valence-corrected chi connectivity index (χ0v) is 20.9. The summed E-state index contributed by atoms with van der Waals surface area (Å²) in [4.78, 5) is 55.6. The molecule has 0 bridgehead atoms. The molecule has 1 aromatic carbocycles. The average Bonchev–Trinajstić information content (AvgIpc) is 3.34. The summed E-state index contributed by atoms with van der Waals surface area (Å²) in [5.41, 5.74) is 17.4. The average molecular weight is 520 g/mol. The van der Waals surface area contributed by atoms with E-state index in [9.17, 15) is 29.4 Å². The first-order valence-electron chi connectivity index (χ1n) is 12.2. The molecule has 3 amide bonds. The number of guanidine groups is 1. The van der Waals surface area contributed by atoms with E-state index < -0.39 is 54.0 Å². The zero-order valence-electron chi connectivity index (χ0n) is 20.9. The quantitative estimate of drug-likeness (QED) is 0.0870. The molecule has 1 aromatic rings. The Bertz CT molecular complexity index is 968. The van der Waals surface area contributed by atoms with Crippen molar-refractivity contribution in [2.45, 2.75) is 69.3 Å². The Kier molecular flexibility index (Phi) is 11.3. The van der Waals surface area contributed by atoms with Crippen LogP contribution in [0.4, 0.5) is 0 Å². The predicted molar refractivity (Wildman–Crippen MR) is 136 cm³/mol. The third-order valence-corrected chi connectivity index (χ3v) is 6.08. The van der Waals surface area contributed by atoms with Crippen LogP contribution in [0.2, 0.25) is 0 Å². The fraction of sp³-hybridized carbons (Fsp3) is 0.542. The zero-order chi connectivity index (χ0) is 27.5. The van der Waals surface area contributed by atoms with Crippen LogP contribution in [0.1, 0.15) is 38.2 Å². The lowest BCUT2D eigenvalue weighted by molar-refractivity contribution is -0.146. The van der Waals surface area contributed by atoms with Crippen molar-refractivity contribution in [3.63, 3.8) is 0 Å². The summed E-state index contributed by atoms with van der Waals surface area (Å²) in [5.74, 6) is -3.23. The Morgan fingerprint density at radius 3 is 2.43 bits per heavy atom. The molecule has 0 aliphatic carbocycles. The molecule has 13 nitrogen and oxygen atoms in total.